The van der Waals surface area contributed by atoms with Gasteiger partial charge in [0.15, 0.2) is 4.77 Å². The highest BCUT2D eigenvalue weighted by molar-refractivity contribution is 7.71. The van der Waals surface area contributed by atoms with Crippen LogP contribution in [0, 0.1) is 11.7 Å². The molecule has 21 heavy (non-hydrogen) atoms. The van der Waals surface area contributed by atoms with Crippen LogP contribution in [-0.2, 0) is 12.7 Å². The first-order valence-electron chi connectivity index (χ1n) is 6.47. The summed E-state index contributed by atoms with van der Waals surface area (Å²) < 4.78 is 41.0. The van der Waals surface area contributed by atoms with Crippen LogP contribution in [0.3, 0.4) is 0 Å². The standard InChI is InChI=1S/C13H14F3N3OS/c1-3-4-5-19-10-9(11(20)18-12(19)21)8(13(14,15)16)6-7(2)17-10/h6H,3-5H2,1-2H3,(H,18,20,21). The number of aryl methyl sites for hydroxylation is 2. The molecule has 0 aliphatic heterocycles. The number of hydrogen-bond donors (Lipinski definition) is 1. The Balaban J connectivity index is 2.92. The van der Waals surface area contributed by atoms with E-state index in [9.17, 15) is 18.0 Å². The number of alkyl halides is 3. The van der Waals surface area contributed by atoms with Crippen molar-refractivity contribution < 1.29 is 13.2 Å². The van der Waals surface area contributed by atoms with E-state index in [1.807, 2.05) is 6.92 Å². The van der Waals surface area contributed by atoms with E-state index >= 15 is 0 Å². The normalized spacial score (nSPS) is 12.0. The van der Waals surface area contributed by atoms with Gasteiger partial charge in [-0.1, -0.05) is 13.3 Å². The van der Waals surface area contributed by atoms with Crippen molar-refractivity contribution in [1.29, 1.82) is 0 Å². The van der Waals surface area contributed by atoms with E-state index in [4.69, 9.17) is 12.2 Å². The van der Waals surface area contributed by atoms with Gasteiger partial charge in [0, 0.05) is 12.2 Å². The lowest BCUT2D eigenvalue weighted by molar-refractivity contribution is -0.136. The molecule has 0 aromatic carbocycles. The summed E-state index contributed by atoms with van der Waals surface area (Å²) >= 11 is 5.05. The largest absolute Gasteiger partial charge is 0.417 e. The molecule has 0 aliphatic carbocycles. The number of rotatable bonds is 3. The molecule has 0 fully saturated rings. The monoisotopic (exact) mass is 317 g/mol. The summed E-state index contributed by atoms with van der Waals surface area (Å²) in [7, 11) is 0. The molecule has 0 bridgehead atoms. The second-order valence-electron chi connectivity index (χ2n) is 4.77. The number of nitrogens with zero attached hydrogens (tertiary/aromatic N) is 2. The fourth-order valence-corrected chi connectivity index (χ4v) is 2.42. The van der Waals surface area contributed by atoms with Gasteiger partial charge in [0.25, 0.3) is 5.56 Å². The predicted octanol–water partition coefficient (Wildman–Crippen LogP) is 3.58. The Morgan fingerprint density at radius 2 is 2.10 bits per heavy atom. The zero-order valence-corrected chi connectivity index (χ0v) is 12.4. The molecule has 114 valence electrons. The molecule has 0 saturated carbocycles. The smallest absolute Gasteiger partial charge is 0.303 e. The van der Waals surface area contributed by atoms with Gasteiger partial charge in [0.05, 0.1) is 10.9 Å². The molecule has 0 aliphatic rings. The number of hydrogen-bond acceptors (Lipinski definition) is 3. The van der Waals surface area contributed by atoms with Crippen LogP contribution in [0.2, 0.25) is 0 Å². The van der Waals surface area contributed by atoms with E-state index in [1.54, 1.807) is 0 Å². The fourth-order valence-electron chi connectivity index (χ4n) is 2.15. The third kappa shape index (κ3) is 2.99. The molecule has 2 aromatic rings. The molecule has 1 N–H and O–H groups in total. The molecular weight excluding hydrogens is 303 g/mol. The highest BCUT2D eigenvalue weighted by Crippen LogP contribution is 2.33. The number of fused-ring (bicyclic) bond motifs is 1. The van der Waals surface area contributed by atoms with Crippen LogP contribution in [0.5, 0.6) is 0 Å². The zero-order chi connectivity index (χ0) is 15.8. The minimum absolute atomic E-state index is 0.00970. The first-order valence-corrected chi connectivity index (χ1v) is 6.88. The van der Waals surface area contributed by atoms with Crippen molar-refractivity contribution in [2.75, 3.05) is 0 Å². The van der Waals surface area contributed by atoms with Crippen molar-refractivity contribution in [3.63, 3.8) is 0 Å². The molecule has 2 aromatic heterocycles. The van der Waals surface area contributed by atoms with Gasteiger partial charge in [-0.15, -0.1) is 0 Å². The van der Waals surface area contributed by atoms with Crippen LogP contribution < -0.4 is 5.56 Å². The highest BCUT2D eigenvalue weighted by atomic mass is 32.1. The van der Waals surface area contributed by atoms with Gasteiger partial charge in [-0.3, -0.25) is 9.78 Å². The summed E-state index contributed by atoms with van der Waals surface area (Å²) in [6, 6.07) is 0.880. The zero-order valence-electron chi connectivity index (χ0n) is 11.5. The SMILES string of the molecule is CCCCn1c(=S)[nH]c(=O)c2c(C(F)(F)F)cc(C)nc21. The number of halogens is 3. The lowest BCUT2D eigenvalue weighted by Gasteiger charge is -2.14. The number of unbranched alkanes of at least 4 members (excludes halogenated alkanes) is 1. The maximum Gasteiger partial charge on any atom is 0.417 e. The van der Waals surface area contributed by atoms with E-state index < -0.39 is 22.7 Å². The minimum atomic E-state index is -4.62. The third-order valence-electron chi connectivity index (χ3n) is 3.12. The molecule has 8 heteroatoms. The molecule has 0 atom stereocenters. The molecule has 4 nitrogen and oxygen atoms in total. The molecule has 2 rings (SSSR count). The summed E-state index contributed by atoms with van der Waals surface area (Å²) in [6.07, 6.45) is -3.04. The van der Waals surface area contributed by atoms with Crippen molar-refractivity contribution in [3.05, 3.63) is 32.4 Å². The van der Waals surface area contributed by atoms with E-state index in [0.29, 0.717) is 6.54 Å². The second kappa shape index (κ2) is 5.59. The van der Waals surface area contributed by atoms with Gasteiger partial charge >= 0.3 is 6.18 Å². The Morgan fingerprint density at radius 1 is 1.43 bits per heavy atom. The fraction of sp³-hybridized carbons (Fsp3) is 0.462. The maximum absolute atomic E-state index is 13.1. The topological polar surface area (TPSA) is 50.7 Å². The number of aromatic amines is 1. The van der Waals surface area contributed by atoms with Gasteiger partial charge in [-0.25, -0.2) is 4.98 Å². The lowest BCUT2D eigenvalue weighted by Crippen LogP contribution is -2.21. The Labute approximate surface area is 123 Å². The molecule has 2 heterocycles. The highest BCUT2D eigenvalue weighted by Gasteiger charge is 2.35. The van der Waals surface area contributed by atoms with Crippen LogP contribution >= 0.6 is 12.2 Å². The average Bonchev–Trinajstić information content (AvgIpc) is 2.36. The van der Waals surface area contributed by atoms with Crippen molar-refractivity contribution >= 4 is 23.3 Å². The first-order chi connectivity index (χ1) is 9.75. The Hall–Kier alpha value is -1.70. The Morgan fingerprint density at radius 3 is 2.67 bits per heavy atom. The van der Waals surface area contributed by atoms with Gasteiger partial charge in [0.2, 0.25) is 0 Å². The van der Waals surface area contributed by atoms with Crippen LogP contribution in [-0.4, -0.2) is 14.5 Å². The Kier molecular flexibility index (Phi) is 4.18. The van der Waals surface area contributed by atoms with Crippen molar-refractivity contribution in [2.45, 2.75) is 39.4 Å². The van der Waals surface area contributed by atoms with Gasteiger partial charge in [-0.05, 0) is 31.6 Å². The van der Waals surface area contributed by atoms with E-state index in [1.165, 1.54) is 11.5 Å². The summed E-state index contributed by atoms with van der Waals surface area (Å²) in [5, 5.41) is -0.460. The van der Waals surface area contributed by atoms with Crippen LogP contribution in [0.1, 0.15) is 31.0 Å². The number of pyridine rings is 1. The van der Waals surface area contributed by atoms with Crippen molar-refractivity contribution in [3.8, 4) is 0 Å². The third-order valence-corrected chi connectivity index (χ3v) is 3.44. The van der Waals surface area contributed by atoms with Gasteiger partial charge in [0.1, 0.15) is 5.65 Å². The molecular formula is C13H14F3N3OS. The number of H-pyrrole nitrogens is 1. The molecule has 0 amide bonds. The summed E-state index contributed by atoms with van der Waals surface area (Å²) in [5.41, 5.74) is -1.65. The van der Waals surface area contributed by atoms with E-state index in [2.05, 4.69) is 9.97 Å². The van der Waals surface area contributed by atoms with Crippen LogP contribution in [0.15, 0.2) is 10.9 Å². The molecule has 0 radical (unpaired) electrons. The molecule has 0 spiro atoms. The summed E-state index contributed by atoms with van der Waals surface area (Å²) in [5.74, 6) is 0. The number of nitrogens with one attached hydrogen (secondary N) is 1. The second-order valence-corrected chi connectivity index (χ2v) is 5.16. The van der Waals surface area contributed by atoms with Crippen molar-refractivity contribution in [1.82, 2.24) is 14.5 Å². The average molecular weight is 317 g/mol. The minimum Gasteiger partial charge on any atom is -0.303 e. The van der Waals surface area contributed by atoms with Crippen LogP contribution in [0.4, 0.5) is 13.2 Å². The van der Waals surface area contributed by atoms with Gasteiger partial charge < -0.3 is 4.57 Å². The lowest BCUT2D eigenvalue weighted by atomic mass is 10.1. The summed E-state index contributed by atoms with van der Waals surface area (Å²) in [4.78, 5) is 18.3. The van der Waals surface area contributed by atoms with E-state index in [0.717, 1.165) is 18.9 Å². The van der Waals surface area contributed by atoms with Gasteiger partial charge in [-0.2, -0.15) is 13.2 Å². The maximum atomic E-state index is 13.1. The molecule has 0 unspecified atom stereocenters. The first kappa shape index (κ1) is 15.7. The Bertz CT molecular complexity index is 792. The quantitative estimate of drug-likeness (QED) is 0.880. The predicted molar refractivity (Wildman–Crippen MR) is 75.8 cm³/mol. The summed E-state index contributed by atoms with van der Waals surface area (Å²) in [6.45, 7) is 3.83. The molecule has 0 saturated heterocycles. The van der Waals surface area contributed by atoms with Crippen LogP contribution in [0.25, 0.3) is 11.0 Å². The number of aromatic nitrogens is 3. The van der Waals surface area contributed by atoms with Crippen molar-refractivity contribution in [2.24, 2.45) is 0 Å². The van der Waals surface area contributed by atoms with E-state index in [-0.39, 0.29) is 16.1 Å².